The van der Waals surface area contributed by atoms with Crippen LogP contribution >= 0.6 is 0 Å². The Morgan fingerprint density at radius 2 is 1.72 bits per heavy atom. The number of hydrogen-bond acceptors (Lipinski definition) is 3. The molecule has 0 aromatic heterocycles. The van der Waals surface area contributed by atoms with E-state index in [2.05, 4.69) is 30.7 Å². The fourth-order valence-corrected chi connectivity index (χ4v) is 3.64. The lowest BCUT2D eigenvalue weighted by Gasteiger charge is -2.52. The van der Waals surface area contributed by atoms with Gasteiger partial charge in [0, 0.05) is 30.7 Å². The predicted molar refractivity (Wildman–Crippen MR) is 75.8 cm³/mol. The number of likely N-dealkylation sites (N-methyl/N-ethyl adjacent to an activating group) is 1. The Morgan fingerprint density at radius 3 is 2.28 bits per heavy atom. The average Bonchev–Trinajstić information content (AvgIpc) is 2.61. The molecular weight excluding hydrogens is 224 g/mol. The average molecular weight is 254 g/mol. The molecule has 1 aliphatic carbocycles. The number of hydrogen-bond donors (Lipinski definition) is 1. The van der Waals surface area contributed by atoms with Crippen LogP contribution in [-0.4, -0.2) is 59.3 Å². The highest BCUT2D eigenvalue weighted by atomic mass is 16.3. The molecule has 1 saturated carbocycles. The van der Waals surface area contributed by atoms with Crippen LogP contribution in [0.4, 0.5) is 0 Å². The zero-order valence-corrected chi connectivity index (χ0v) is 12.4. The lowest BCUT2D eigenvalue weighted by Crippen LogP contribution is -2.65. The van der Waals surface area contributed by atoms with Crippen LogP contribution < -0.4 is 0 Å². The lowest BCUT2D eigenvalue weighted by atomic mass is 9.93. The van der Waals surface area contributed by atoms with E-state index in [1.165, 1.54) is 38.5 Å². The first kappa shape index (κ1) is 14.3. The molecule has 0 aromatic rings. The molecule has 18 heavy (non-hydrogen) atoms. The van der Waals surface area contributed by atoms with Crippen molar-refractivity contribution in [3.63, 3.8) is 0 Å². The molecule has 2 rings (SSSR count). The van der Waals surface area contributed by atoms with Crippen LogP contribution in [-0.2, 0) is 0 Å². The number of nitrogens with zero attached hydrogens (tertiary/aromatic N) is 2. The standard InChI is InChI=1S/C15H30N2O/c1-15(2)12-17(10-14(11-18)16(15)3)13-8-6-4-5-7-9-13/h13-14,18H,4-12H2,1-3H3. The van der Waals surface area contributed by atoms with Crippen LogP contribution in [0.25, 0.3) is 0 Å². The highest BCUT2D eigenvalue weighted by molar-refractivity contribution is 4.95. The Kier molecular flexibility index (Phi) is 4.68. The summed E-state index contributed by atoms with van der Waals surface area (Å²) in [5, 5.41) is 9.60. The quantitative estimate of drug-likeness (QED) is 0.765. The van der Waals surface area contributed by atoms with Gasteiger partial charge in [0.1, 0.15) is 0 Å². The van der Waals surface area contributed by atoms with Gasteiger partial charge in [-0.1, -0.05) is 25.7 Å². The van der Waals surface area contributed by atoms with Crippen molar-refractivity contribution < 1.29 is 5.11 Å². The Hall–Kier alpha value is -0.120. The highest BCUT2D eigenvalue weighted by Crippen LogP contribution is 2.29. The first-order valence-electron chi connectivity index (χ1n) is 7.62. The molecule has 1 saturated heterocycles. The van der Waals surface area contributed by atoms with Crippen molar-refractivity contribution in [1.82, 2.24) is 9.80 Å². The Bertz CT molecular complexity index is 259. The normalized spacial score (nSPS) is 32.3. The molecule has 1 N–H and O–H groups in total. The number of rotatable bonds is 2. The number of aliphatic hydroxyl groups is 1. The van der Waals surface area contributed by atoms with Crippen molar-refractivity contribution in [3.8, 4) is 0 Å². The Labute approximate surface area is 112 Å². The molecule has 2 aliphatic rings. The van der Waals surface area contributed by atoms with Crippen LogP contribution in [0, 0.1) is 0 Å². The fourth-order valence-electron chi connectivity index (χ4n) is 3.64. The molecule has 0 spiro atoms. The van der Waals surface area contributed by atoms with Gasteiger partial charge in [-0.3, -0.25) is 9.80 Å². The van der Waals surface area contributed by atoms with Crippen LogP contribution in [0.1, 0.15) is 52.4 Å². The van der Waals surface area contributed by atoms with Crippen molar-refractivity contribution in [2.75, 3.05) is 26.7 Å². The predicted octanol–water partition coefficient (Wildman–Crippen LogP) is 2.10. The third-order valence-corrected chi connectivity index (χ3v) is 5.09. The summed E-state index contributed by atoms with van der Waals surface area (Å²) in [7, 11) is 2.16. The molecule has 0 aromatic carbocycles. The molecule has 0 amide bonds. The maximum atomic E-state index is 9.60. The van der Waals surface area contributed by atoms with Crippen LogP contribution in [0.2, 0.25) is 0 Å². The maximum absolute atomic E-state index is 9.60. The molecule has 1 heterocycles. The molecule has 106 valence electrons. The Balaban J connectivity index is 2.04. The van der Waals surface area contributed by atoms with Crippen molar-refractivity contribution in [3.05, 3.63) is 0 Å². The zero-order chi connectivity index (χ0) is 13.2. The van der Waals surface area contributed by atoms with Gasteiger partial charge in [0.2, 0.25) is 0 Å². The first-order valence-corrected chi connectivity index (χ1v) is 7.62. The van der Waals surface area contributed by atoms with Gasteiger partial charge in [0.25, 0.3) is 0 Å². The van der Waals surface area contributed by atoms with E-state index in [0.29, 0.717) is 6.04 Å². The topological polar surface area (TPSA) is 26.7 Å². The monoisotopic (exact) mass is 254 g/mol. The van der Waals surface area contributed by atoms with Crippen molar-refractivity contribution >= 4 is 0 Å². The van der Waals surface area contributed by atoms with E-state index in [-0.39, 0.29) is 12.1 Å². The van der Waals surface area contributed by atoms with Gasteiger partial charge >= 0.3 is 0 Å². The van der Waals surface area contributed by atoms with Crippen molar-refractivity contribution in [2.24, 2.45) is 0 Å². The van der Waals surface area contributed by atoms with E-state index in [1.807, 2.05) is 0 Å². The Morgan fingerprint density at radius 1 is 1.11 bits per heavy atom. The lowest BCUT2D eigenvalue weighted by molar-refractivity contribution is -0.0444. The second-order valence-corrected chi connectivity index (χ2v) is 6.83. The number of aliphatic hydroxyl groups excluding tert-OH is 1. The summed E-state index contributed by atoms with van der Waals surface area (Å²) in [5.41, 5.74) is 0.179. The molecule has 1 aliphatic heterocycles. The zero-order valence-electron chi connectivity index (χ0n) is 12.4. The summed E-state index contributed by atoms with van der Waals surface area (Å²) in [5.74, 6) is 0. The molecule has 0 bridgehead atoms. The largest absolute Gasteiger partial charge is 0.395 e. The maximum Gasteiger partial charge on any atom is 0.0599 e. The first-order chi connectivity index (χ1) is 8.54. The van der Waals surface area contributed by atoms with Gasteiger partial charge in [-0.25, -0.2) is 0 Å². The van der Waals surface area contributed by atoms with Gasteiger partial charge in [0.05, 0.1) is 6.61 Å². The van der Waals surface area contributed by atoms with Gasteiger partial charge in [-0.05, 0) is 33.7 Å². The van der Waals surface area contributed by atoms with Crippen molar-refractivity contribution in [2.45, 2.75) is 70.0 Å². The SMILES string of the molecule is CN1C(CO)CN(C2CCCCCC2)CC1(C)C. The van der Waals surface area contributed by atoms with Crippen LogP contribution in [0.3, 0.4) is 0 Å². The smallest absolute Gasteiger partial charge is 0.0599 e. The summed E-state index contributed by atoms with van der Waals surface area (Å²) < 4.78 is 0. The second-order valence-electron chi connectivity index (χ2n) is 6.83. The highest BCUT2D eigenvalue weighted by Gasteiger charge is 2.39. The van der Waals surface area contributed by atoms with E-state index < -0.39 is 0 Å². The van der Waals surface area contributed by atoms with Gasteiger partial charge < -0.3 is 5.11 Å². The minimum atomic E-state index is 0.179. The molecule has 3 heteroatoms. The van der Waals surface area contributed by atoms with Gasteiger partial charge in [0.15, 0.2) is 0 Å². The molecule has 1 atom stereocenters. The van der Waals surface area contributed by atoms with Gasteiger partial charge in [-0.2, -0.15) is 0 Å². The van der Waals surface area contributed by atoms with Crippen LogP contribution in [0.5, 0.6) is 0 Å². The summed E-state index contributed by atoms with van der Waals surface area (Å²) in [6, 6.07) is 1.06. The van der Waals surface area contributed by atoms with Crippen molar-refractivity contribution in [1.29, 1.82) is 0 Å². The molecule has 3 nitrogen and oxygen atoms in total. The van der Waals surface area contributed by atoms with E-state index in [4.69, 9.17) is 0 Å². The van der Waals surface area contributed by atoms with E-state index in [9.17, 15) is 5.11 Å². The molecule has 1 unspecified atom stereocenters. The second kappa shape index (κ2) is 5.89. The molecule has 0 radical (unpaired) electrons. The molecular formula is C15H30N2O. The van der Waals surface area contributed by atoms with E-state index in [1.54, 1.807) is 0 Å². The summed E-state index contributed by atoms with van der Waals surface area (Å²) in [4.78, 5) is 5.02. The molecule has 2 fully saturated rings. The number of piperazine rings is 1. The summed E-state index contributed by atoms with van der Waals surface area (Å²) in [6.07, 6.45) is 8.33. The van der Waals surface area contributed by atoms with E-state index >= 15 is 0 Å². The van der Waals surface area contributed by atoms with Gasteiger partial charge in [-0.15, -0.1) is 0 Å². The summed E-state index contributed by atoms with van der Waals surface area (Å²) >= 11 is 0. The minimum absolute atomic E-state index is 0.179. The third kappa shape index (κ3) is 3.06. The third-order valence-electron chi connectivity index (χ3n) is 5.09. The van der Waals surface area contributed by atoms with E-state index in [0.717, 1.165) is 19.1 Å². The fraction of sp³-hybridized carbons (Fsp3) is 1.00. The summed E-state index contributed by atoms with van der Waals surface area (Å²) in [6.45, 7) is 7.08. The van der Waals surface area contributed by atoms with Crippen LogP contribution in [0.15, 0.2) is 0 Å². The minimum Gasteiger partial charge on any atom is -0.395 e.